The van der Waals surface area contributed by atoms with E-state index in [9.17, 15) is 19.8 Å². The average Bonchev–Trinajstić information content (AvgIpc) is 3.30. The molecule has 5 N–H and O–H groups in total. The number of carbonyl (C=O) groups is 2. The third-order valence-electron chi connectivity index (χ3n) is 7.91. The van der Waals surface area contributed by atoms with Crippen LogP contribution in [0.5, 0.6) is 5.75 Å². The van der Waals surface area contributed by atoms with E-state index in [1.807, 2.05) is 12.1 Å². The second kappa shape index (κ2) is 11.4. The number of aliphatic hydroxyl groups is 2. The van der Waals surface area contributed by atoms with Gasteiger partial charge in [-0.05, 0) is 55.9 Å². The molecule has 0 spiro atoms. The summed E-state index contributed by atoms with van der Waals surface area (Å²) in [7, 11) is 0. The van der Waals surface area contributed by atoms with E-state index in [4.69, 9.17) is 15.2 Å². The van der Waals surface area contributed by atoms with Crippen molar-refractivity contribution in [2.45, 2.75) is 69.4 Å². The van der Waals surface area contributed by atoms with Gasteiger partial charge in [-0.3, -0.25) is 9.59 Å². The minimum Gasteiger partial charge on any atom is -0.493 e. The molecule has 2 amide bonds. The maximum atomic E-state index is 14.0. The normalized spacial score (nSPS) is 23.7. The minimum atomic E-state index is -0.821. The molecule has 38 heavy (non-hydrogen) atoms. The quantitative estimate of drug-likeness (QED) is 0.388. The van der Waals surface area contributed by atoms with Crippen LogP contribution in [-0.2, 0) is 24.0 Å². The SMILES string of the molecule is CCOc1c(C(N)=O)ccc(C(=O)N2C3COCC2CC(O)C3)c1C[C@H](O)CNC1Cc2ccccc2C1. The predicted octanol–water partition coefficient (Wildman–Crippen LogP) is 1.21. The van der Waals surface area contributed by atoms with Crippen molar-refractivity contribution in [3.63, 3.8) is 0 Å². The number of nitrogens with two attached hydrogens (primary N) is 1. The molecule has 0 saturated carbocycles. The molecule has 5 rings (SSSR count). The molecule has 2 heterocycles. The molecule has 3 aliphatic rings. The third kappa shape index (κ3) is 5.42. The lowest BCUT2D eigenvalue weighted by Gasteiger charge is -2.47. The monoisotopic (exact) mass is 523 g/mol. The number of morpholine rings is 1. The molecule has 0 radical (unpaired) electrons. The number of ether oxygens (including phenoxy) is 2. The van der Waals surface area contributed by atoms with Crippen LogP contribution in [0.1, 0.15) is 57.2 Å². The van der Waals surface area contributed by atoms with E-state index in [1.54, 1.807) is 17.9 Å². The molecule has 2 aromatic carbocycles. The van der Waals surface area contributed by atoms with Gasteiger partial charge in [-0.15, -0.1) is 0 Å². The van der Waals surface area contributed by atoms with Crippen LogP contribution in [0.3, 0.4) is 0 Å². The summed E-state index contributed by atoms with van der Waals surface area (Å²) in [5.74, 6) is -0.624. The van der Waals surface area contributed by atoms with Gasteiger partial charge in [0, 0.05) is 30.1 Å². The summed E-state index contributed by atoms with van der Waals surface area (Å²) in [6, 6.07) is 11.2. The van der Waals surface area contributed by atoms with Crippen LogP contribution < -0.4 is 15.8 Å². The van der Waals surface area contributed by atoms with Crippen LogP contribution in [-0.4, -0.2) is 83.6 Å². The van der Waals surface area contributed by atoms with Crippen LogP contribution in [0.15, 0.2) is 36.4 Å². The van der Waals surface area contributed by atoms with E-state index in [2.05, 4.69) is 17.4 Å². The van der Waals surface area contributed by atoms with Gasteiger partial charge in [0.25, 0.3) is 11.8 Å². The van der Waals surface area contributed by atoms with Crippen molar-refractivity contribution in [1.29, 1.82) is 0 Å². The van der Waals surface area contributed by atoms with Gasteiger partial charge in [-0.25, -0.2) is 0 Å². The summed E-state index contributed by atoms with van der Waals surface area (Å²) in [6.45, 7) is 3.13. The number of amides is 2. The second-order valence-electron chi connectivity index (χ2n) is 10.6. The van der Waals surface area contributed by atoms with Gasteiger partial charge in [0.2, 0.25) is 0 Å². The van der Waals surface area contributed by atoms with E-state index in [0.29, 0.717) is 43.7 Å². The number of rotatable bonds is 9. The number of benzene rings is 2. The van der Waals surface area contributed by atoms with Gasteiger partial charge in [0.15, 0.2) is 0 Å². The first-order chi connectivity index (χ1) is 18.4. The summed E-state index contributed by atoms with van der Waals surface area (Å²) in [6.07, 6.45) is 1.53. The van der Waals surface area contributed by atoms with Gasteiger partial charge < -0.3 is 35.6 Å². The lowest BCUT2D eigenvalue weighted by atomic mass is 9.89. The Morgan fingerprint density at radius 2 is 1.74 bits per heavy atom. The third-order valence-corrected chi connectivity index (χ3v) is 7.91. The van der Waals surface area contributed by atoms with Gasteiger partial charge in [0.1, 0.15) is 5.75 Å². The second-order valence-corrected chi connectivity index (χ2v) is 10.6. The highest BCUT2D eigenvalue weighted by atomic mass is 16.5. The maximum Gasteiger partial charge on any atom is 0.254 e. The first-order valence-electron chi connectivity index (χ1n) is 13.5. The lowest BCUT2D eigenvalue weighted by Crippen LogP contribution is -2.60. The standard InChI is InChI=1S/C29H37N3O6/c1-2-38-27-25(28(30)35)8-7-24(29(36)32-20-11-22(33)12-21(32)16-37-15-20)26(27)13-23(34)14-31-19-9-17-5-3-4-6-18(17)10-19/h3-8,19-23,31,33-34H,2,9-16H2,1H3,(H2,30,35)/t20?,21?,22?,23-/m0/s1. The Kier molecular flexibility index (Phi) is 7.99. The van der Waals surface area contributed by atoms with E-state index in [-0.39, 0.29) is 48.4 Å². The Labute approximate surface area is 222 Å². The highest BCUT2D eigenvalue weighted by Crippen LogP contribution is 2.34. The number of aliphatic hydroxyl groups excluding tert-OH is 2. The summed E-state index contributed by atoms with van der Waals surface area (Å²) in [5, 5.41) is 24.8. The molecule has 1 aliphatic carbocycles. The highest BCUT2D eigenvalue weighted by molar-refractivity contribution is 6.01. The number of primary amides is 1. The van der Waals surface area contributed by atoms with E-state index < -0.39 is 18.1 Å². The minimum absolute atomic E-state index is 0.118. The largest absolute Gasteiger partial charge is 0.493 e. The number of carbonyl (C=O) groups excluding carboxylic acids is 2. The Bertz CT molecular complexity index is 1150. The van der Waals surface area contributed by atoms with E-state index in [1.165, 1.54) is 17.2 Å². The molecule has 9 nitrogen and oxygen atoms in total. The van der Waals surface area contributed by atoms with E-state index in [0.717, 1.165) is 12.8 Å². The highest BCUT2D eigenvalue weighted by Gasteiger charge is 2.42. The number of nitrogens with one attached hydrogen (secondary N) is 1. The number of fused-ring (bicyclic) bond motifs is 3. The van der Waals surface area contributed by atoms with Crippen LogP contribution in [0.2, 0.25) is 0 Å². The zero-order chi connectivity index (χ0) is 26.8. The van der Waals surface area contributed by atoms with Gasteiger partial charge in [0.05, 0.1) is 49.7 Å². The van der Waals surface area contributed by atoms with Crippen molar-refractivity contribution in [3.05, 3.63) is 64.2 Å². The van der Waals surface area contributed by atoms with E-state index >= 15 is 0 Å². The first kappa shape index (κ1) is 26.6. The van der Waals surface area contributed by atoms with Gasteiger partial charge in [-0.2, -0.15) is 0 Å². The van der Waals surface area contributed by atoms with Crippen LogP contribution >= 0.6 is 0 Å². The van der Waals surface area contributed by atoms with Crippen molar-refractivity contribution < 1.29 is 29.3 Å². The number of hydrogen-bond donors (Lipinski definition) is 4. The molecule has 2 fully saturated rings. The molecular formula is C29H37N3O6. The first-order valence-corrected chi connectivity index (χ1v) is 13.5. The van der Waals surface area contributed by atoms with Gasteiger partial charge >= 0.3 is 0 Å². The molecule has 9 heteroatoms. The molecule has 2 saturated heterocycles. The fourth-order valence-electron chi connectivity index (χ4n) is 6.20. The summed E-state index contributed by atoms with van der Waals surface area (Å²) >= 11 is 0. The molecule has 2 bridgehead atoms. The fourth-order valence-corrected chi connectivity index (χ4v) is 6.20. The predicted molar refractivity (Wildman–Crippen MR) is 141 cm³/mol. The zero-order valence-corrected chi connectivity index (χ0v) is 21.8. The van der Waals surface area contributed by atoms with Crippen molar-refractivity contribution in [2.24, 2.45) is 5.73 Å². The molecule has 0 aromatic heterocycles. The molecular weight excluding hydrogens is 486 g/mol. The zero-order valence-electron chi connectivity index (χ0n) is 21.8. The number of piperidine rings is 1. The summed E-state index contributed by atoms with van der Waals surface area (Å²) in [5.41, 5.74) is 9.33. The molecule has 2 aliphatic heterocycles. The molecule has 2 aromatic rings. The van der Waals surface area contributed by atoms with Crippen molar-refractivity contribution in [1.82, 2.24) is 10.2 Å². The maximum absolute atomic E-state index is 14.0. The Morgan fingerprint density at radius 1 is 1.11 bits per heavy atom. The Balaban J connectivity index is 1.39. The summed E-state index contributed by atoms with van der Waals surface area (Å²) < 4.78 is 11.5. The van der Waals surface area contributed by atoms with Gasteiger partial charge in [-0.1, -0.05) is 24.3 Å². The Hall–Kier alpha value is -2.98. The Morgan fingerprint density at radius 3 is 2.34 bits per heavy atom. The van der Waals surface area contributed by atoms with Crippen LogP contribution in [0.4, 0.5) is 0 Å². The molecule has 3 atom stereocenters. The summed E-state index contributed by atoms with van der Waals surface area (Å²) in [4.78, 5) is 28.0. The molecule has 204 valence electrons. The van der Waals surface area contributed by atoms with Crippen molar-refractivity contribution in [3.8, 4) is 5.75 Å². The van der Waals surface area contributed by atoms with Crippen molar-refractivity contribution >= 4 is 11.8 Å². The van der Waals surface area contributed by atoms with Crippen LogP contribution in [0, 0.1) is 0 Å². The topological polar surface area (TPSA) is 134 Å². The number of nitrogens with zero attached hydrogens (tertiary/aromatic N) is 1. The smallest absolute Gasteiger partial charge is 0.254 e. The van der Waals surface area contributed by atoms with Crippen molar-refractivity contribution in [2.75, 3.05) is 26.4 Å². The van der Waals surface area contributed by atoms with Crippen LogP contribution in [0.25, 0.3) is 0 Å². The lowest BCUT2D eigenvalue weighted by molar-refractivity contribution is -0.0872. The number of hydrogen-bond acceptors (Lipinski definition) is 7. The fraction of sp³-hybridized carbons (Fsp3) is 0.517. The average molecular weight is 524 g/mol. The molecule has 2 unspecified atom stereocenters.